The van der Waals surface area contributed by atoms with Crippen LogP contribution in [0.15, 0.2) is 0 Å². The van der Waals surface area contributed by atoms with Crippen LogP contribution in [-0.2, 0) is 4.57 Å². The van der Waals surface area contributed by atoms with E-state index in [1.165, 1.54) is 0 Å². The maximum Gasteiger partial charge on any atom is 0.0874 e. The molecule has 0 aliphatic heterocycles. The van der Waals surface area contributed by atoms with Crippen LogP contribution in [0.2, 0.25) is 0 Å². The van der Waals surface area contributed by atoms with Crippen LogP contribution in [0.25, 0.3) is 0 Å². The minimum Gasteiger partial charge on any atom is -0.323 e. The minimum absolute atomic E-state index is 1.21. The normalized spacial score (nSPS) is 15.5. The fourth-order valence-electron chi connectivity index (χ4n) is 0. The molecule has 2 atom stereocenters. The first-order valence-electron chi connectivity index (χ1n) is 0.993. The average Bonchev–Trinajstić information content (AvgIpc) is 0.811. The first kappa shape index (κ1) is 4.66. The zero-order valence-electron chi connectivity index (χ0n) is 2.49. The van der Waals surface area contributed by atoms with E-state index in [1.807, 2.05) is 0 Å². The van der Waals surface area contributed by atoms with Crippen LogP contribution >= 0.6 is 16.4 Å². The smallest absolute Gasteiger partial charge is 0.0874 e. The first-order valence-corrected chi connectivity index (χ1v) is 4.71. The quantitative estimate of drug-likeness (QED) is 0.410. The summed E-state index contributed by atoms with van der Waals surface area (Å²) >= 11 is 0. The fourth-order valence-corrected chi connectivity index (χ4v) is 0. The van der Waals surface area contributed by atoms with Gasteiger partial charge in [0, 0.05) is 0 Å². The van der Waals surface area contributed by atoms with Gasteiger partial charge in [0.2, 0.25) is 0 Å². The van der Waals surface area contributed by atoms with E-state index in [2.05, 4.69) is 8.93 Å². The summed E-state index contributed by atoms with van der Waals surface area (Å²) in [5.74, 6) is 0. The van der Waals surface area contributed by atoms with Gasteiger partial charge < -0.3 is 4.57 Å². The summed E-state index contributed by atoms with van der Waals surface area (Å²) in [5, 5.41) is 0. The number of rotatable bonds is 0. The molecule has 0 bridgehead atoms. The molecule has 0 heterocycles. The van der Waals surface area contributed by atoms with Gasteiger partial charge in [0.05, 0.1) is 7.49 Å². The molecule has 0 spiro atoms. The second-order valence-electron chi connectivity index (χ2n) is 0.611. The van der Waals surface area contributed by atoms with E-state index < -0.39 is 7.49 Å². The fraction of sp³-hybridized carbons (Fsp3) is 1.00. The van der Waals surface area contributed by atoms with Crippen molar-refractivity contribution in [3.05, 3.63) is 0 Å². The third-order valence-electron chi connectivity index (χ3n) is 0. The highest BCUT2D eigenvalue weighted by Gasteiger charge is 1.58. The molecule has 0 rings (SSSR count). The van der Waals surface area contributed by atoms with Crippen molar-refractivity contribution in [1.29, 1.82) is 0 Å². The van der Waals surface area contributed by atoms with Gasteiger partial charge in [-0.25, -0.2) is 0 Å². The van der Waals surface area contributed by atoms with Crippen molar-refractivity contribution < 1.29 is 4.57 Å². The zero-order valence-corrected chi connectivity index (χ0v) is 4.64. The van der Waals surface area contributed by atoms with Crippen molar-refractivity contribution in [1.82, 2.24) is 0 Å². The molecule has 0 radical (unpaired) electrons. The van der Waals surface area contributed by atoms with Gasteiger partial charge in [-0.2, -0.15) is 0 Å². The highest BCUT2D eigenvalue weighted by molar-refractivity contribution is 8.06. The van der Waals surface area contributed by atoms with Crippen molar-refractivity contribution in [3.8, 4) is 0 Å². The van der Waals surface area contributed by atoms with Crippen molar-refractivity contribution in [2.45, 2.75) is 0 Å². The molecular weight excluding hydrogens is 90.0 g/mol. The average molecular weight is 96.0 g/mol. The Morgan fingerprint density at radius 1 is 2.00 bits per heavy atom. The van der Waals surface area contributed by atoms with Crippen LogP contribution < -0.4 is 0 Å². The second-order valence-corrected chi connectivity index (χ2v) is 4.27. The Kier molecular flexibility index (Phi) is 2.25. The summed E-state index contributed by atoms with van der Waals surface area (Å²) in [6.45, 7) is 1.68. The molecule has 1 nitrogen and oxygen atoms in total. The predicted octanol–water partition coefficient (Wildman–Crippen LogP) is 0.966. The van der Waals surface area contributed by atoms with Crippen LogP contribution in [0.3, 0.4) is 0 Å². The lowest BCUT2D eigenvalue weighted by Crippen LogP contribution is -1.16. The van der Waals surface area contributed by atoms with E-state index in [-0.39, 0.29) is 0 Å². The SMILES string of the molecule is C[PH](=O)P. The summed E-state index contributed by atoms with van der Waals surface area (Å²) in [6, 6.07) is 0. The summed E-state index contributed by atoms with van der Waals surface area (Å²) in [6.07, 6.45) is 0. The molecule has 0 aromatic carbocycles. The first-order chi connectivity index (χ1) is 1.73. The highest BCUT2D eigenvalue weighted by atomic mass is 32.0. The van der Waals surface area contributed by atoms with E-state index in [0.29, 0.717) is 0 Å². The molecule has 2 unspecified atom stereocenters. The summed E-state index contributed by atoms with van der Waals surface area (Å²) < 4.78 is 9.59. The third kappa shape index (κ3) is 16.8. The highest BCUT2D eigenvalue weighted by Crippen LogP contribution is 2.22. The van der Waals surface area contributed by atoms with Crippen LogP contribution in [0.5, 0.6) is 0 Å². The molecule has 0 aromatic rings. The minimum atomic E-state index is -1.21. The Bertz CT molecular complexity index is 29.0. The Hall–Kier alpha value is 0.660. The van der Waals surface area contributed by atoms with E-state index in [1.54, 1.807) is 6.66 Å². The van der Waals surface area contributed by atoms with Crippen LogP contribution in [-0.4, -0.2) is 6.66 Å². The van der Waals surface area contributed by atoms with Gasteiger partial charge in [-0.15, -0.1) is 0 Å². The van der Waals surface area contributed by atoms with Crippen molar-refractivity contribution >= 4 is 16.4 Å². The Balaban J connectivity index is 2.80. The van der Waals surface area contributed by atoms with Gasteiger partial charge in [0.1, 0.15) is 0 Å². The lowest BCUT2D eigenvalue weighted by Gasteiger charge is -1.59. The lowest BCUT2D eigenvalue weighted by molar-refractivity contribution is 0.599. The monoisotopic (exact) mass is 96.0 g/mol. The molecule has 4 heavy (non-hydrogen) atoms. The van der Waals surface area contributed by atoms with Crippen molar-refractivity contribution in [2.24, 2.45) is 0 Å². The van der Waals surface area contributed by atoms with E-state index in [9.17, 15) is 4.57 Å². The van der Waals surface area contributed by atoms with Crippen molar-refractivity contribution in [3.63, 3.8) is 0 Å². The van der Waals surface area contributed by atoms with E-state index in [4.69, 9.17) is 0 Å². The maximum absolute atomic E-state index is 9.59. The van der Waals surface area contributed by atoms with Gasteiger partial charge >= 0.3 is 0 Å². The van der Waals surface area contributed by atoms with Crippen LogP contribution in [0, 0.1) is 0 Å². The van der Waals surface area contributed by atoms with E-state index >= 15 is 0 Å². The van der Waals surface area contributed by atoms with Crippen molar-refractivity contribution in [2.75, 3.05) is 6.66 Å². The lowest BCUT2D eigenvalue weighted by atomic mass is 12.0. The Morgan fingerprint density at radius 3 is 2.00 bits per heavy atom. The molecule has 0 saturated heterocycles. The van der Waals surface area contributed by atoms with Crippen LogP contribution in [0.1, 0.15) is 0 Å². The van der Waals surface area contributed by atoms with Gasteiger partial charge in [0.25, 0.3) is 0 Å². The Morgan fingerprint density at radius 2 is 2.00 bits per heavy atom. The summed E-state index contributed by atoms with van der Waals surface area (Å²) in [5.41, 5.74) is 0. The zero-order chi connectivity index (χ0) is 3.58. The van der Waals surface area contributed by atoms with E-state index in [0.717, 1.165) is 0 Å². The molecule has 3 heteroatoms. The molecule has 0 saturated carbocycles. The maximum atomic E-state index is 9.59. The van der Waals surface area contributed by atoms with Crippen LogP contribution in [0.4, 0.5) is 0 Å². The standard InChI is InChI=1S/CH6OP2/c1-4(2)3/h4H,3H2,1H3. The largest absolute Gasteiger partial charge is 0.323 e. The predicted molar refractivity (Wildman–Crippen MR) is 24.6 cm³/mol. The molecule has 0 amide bonds. The molecule has 0 fully saturated rings. The van der Waals surface area contributed by atoms with Gasteiger partial charge in [0.15, 0.2) is 0 Å². The number of hydrogen-bond donors (Lipinski definition) is 0. The summed E-state index contributed by atoms with van der Waals surface area (Å²) in [4.78, 5) is 0. The summed E-state index contributed by atoms with van der Waals surface area (Å²) in [7, 11) is 0.991. The Labute approximate surface area is 28.7 Å². The van der Waals surface area contributed by atoms with Gasteiger partial charge in [-0.1, -0.05) is 8.93 Å². The molecule has 0 aromatic heterocycles. The van der Waals surface area contributed by atoms with Gasteiger partial charge in [-0.05, 0) is 6.66 Å². The molecular formula is CH6OP2. The number of hydrogen-bond acceptors (Lipinski definition) is 1. The topological polar surface area (TPSA) is 17.1 Å². The molecule has 0 aliphatic carbocycles. The second kappa shape index (κ2) is 1.93. The van der Waals surface area contributed by atoms with Gasteiger partial charge in [-0.3, -0.25) is 0 Å². The molecule has 0 aliphatic rings. The molecule has 26 valence electrons. The molecule has 0 N–H and O–H groups in total. The third-order valence-corrected chi connectivity index (χ3v) is 0.